The first-order chi connectivity index (χ1) is 9.61. The van der Waals surface area contributed by atoms with E-state index in [0.29, 0.717) is 5.56 Å². The summed E-state index contributed by atoms with van der Waals surface area (Å²) in [5, 5.41) is 16.2. The van der Waals surface area contributed by atoms with Gasteiger partial charge in [-0.2, -0.15) is 0 Å². The summed E-state index contributed by atoms with van der Waals surface area (Å²) in [6.07, 6.45) is 1.39. The van der Waals surface area contributed by atoms with Crippen LogP contribution in [0.2, 0.25) is 0 Å². The zero-order valence-electron chi connectivity index (χ0n) is 10.8. The second kappa shape index (κ2) is 6.16. The van der Waals surface area contributed by atoms with E-state index < -0.39 is 0 Å². The van der Waals surface area contributed by atoms with Gasteiger partial charge in [0.2, 0.25) is 0 Å². The highest BCUT2D eigenvalue weighted by molar-refractivity contribution is 7.10. The van der Waals surface area contributed by atoms with Gasteiger partial charge in [-0.25, -0.2) is 0 Å². The van der Waals surface area contributed by atoms with E-state index >= 15 is 0 Å². The summed E-state index contributed by atoms with van der Waals surface area (Å²) in [6.45, 7) is 1.91. The van der Waals surface area contributed by atoms with Crippen LogP contribution in [0.3, 0.4) is 0 Å². The Morgan fingerprint density at radius 1 is 1.50 bits per heavy atom. The summed E-state index contributed by atoms with van der Waals surface area (Å²) in [5.74, 6) is -0.312. The van der Waals surface area contributed by atoms with Crippen molar-refractivity contribution >= 4 is 23.1 Å². The Morgan fingerprint density at radius 2 is 2.30 bits per heavy atom. The Kier molecular flexibility index (Phi) is 4.31. The standard InChI is InChI=1S/C13H14N4O2S/c1-8(11-3-2-6-20-11)16-13(18)10-5-4-9(7-15-10)12(14)17-19/h2-8,19H,1H3,(H2,14,17)(H,16,18). The van der Waals surface area contributed by atoms with Crippen LogP contribution in [0.25, 0.3) is 0 Å². The summed E-state index contributed by atoms with van der Waals surface area (Å²) >= 11 is 1.58. The Balaban J connectivity index is 2.06. The summed E-state index contributed by atoms with van der Waals surface area (Å²) in [6, 6.07) is 6.93. The predicted molar refractivity (Wildman–Crippen MR) is 76.9 cm³/mol. The minimum atomic E-state index is -0.267. The number of carbonyl (C=O) groups is 1. The molecule has 4 N–H and O–H groups in total. The number of nitrogens with zero attached hydrogens (tertiary/aromatic N) is 2. The number of nitrogens with one attached hydrogen (secondary N) is 1. The van der Waals surface area contributed by atoms with Crippen molar-refractivity contribution in [2.75, 3.05) is 0 Å². The van der Waals surface area contributed by atoms with Gasteiger partial charge in [0.25, 0.3) is 5.91 Å². The highest BCUT2D eigenvalue weighted by atomic mass is 32.1. The van der Waals surface area contributed by atoms with Gasteiger partial charge in [-0.05, 0) is 30.5 Å². The largest absolute Gasteiger partial charge is 0.409 e. The fourth-order valence-electron chi connectivity index (χ4n) is 1.62. The van der Waals surface area contributed by atoms with E-state index in [2.05, 4.69) is 15.5 Å². The Bertz CT molecular complexity index is 608. The summed E-state index contributed by atoms with van der Waals surface area (Å²) < 4.78 is 0. The fourth-order valence-corrected chi connectivity index (χ4v) is 2.35. The molecule has 0 radical (unpaired) electrons. The molecule has 2 aromatic heterocycles. The first kappa shape index (κ1) is 14.0. The quantitative estimate of drug-likeness (QED) is 0.345. The zero-order chi connectivity index (χ0) is 14.5. The summed E-state index contributed by atoms with van der Waals surface area (Å²) in [4.78, 5) is 17.1. The maximum Gasteiger partial charge on any atom is 0.270 e. The maximum absolute atomic E-state index is 12.0. The van der Waals surface area contributed by atoms with Crippen LogP contribution >= 0.6 is 11.3 Å². The molecule has 0 bridgehead atoms. The van der Waals surface area contributed by atoms with Gasteiger partial charge in [0.1, 0.15) is 5.69 Å². The van der Waals surface area contributed by atoms with Crippen LogP contribution in [0.4, 0.5) is 0 Å². The van der Waals surface area contributed by atoms with Crippen molar-refractivity contribution in [2.24, 2.45) is 10.9 Å². The topological polar surface area (TPSA) is 101 Å². The molecule has 0 aliphatic carbocycles. The molecule has 20 heavy (non-hydrogen) atoms. The molecule has 7 heteroatoms. The molecule has 0 spiro atoms. The molecular formula is C13H14N4O2S. The lowest BCUT2D eigenvalue weighted by Crippen LogP contribution is -2.27. The van der Waals surface area contributed by atoms with Gasteiger partial charge in [0.05, 0.1) is 6.04 Å². The summed E-state index contributed by atoms with van der Waals surface area (Å²) in [5.41, 5.74) is 6.16. The predicted octanol–water partition coefficient (Wildman–Crippen LogP) is 1.73. The van der Waals surface area contributed by atoms with Crippen LogP contribution in [-0.2, 0) is 0 Å². The lowest BCUT2D eigenvalue weighted by Gasteiger charge is -2.11. The molecule has 1 unspecified atom stereocenters. The van der Waals surface area contributed by atoms with Crippen molar-refractivity contribution in [3.8, 4) is 0 Å². The number of aromatic nitrogens is 1. The molecule has 0 aromatic carbocycles. The van der Waals surface area contributed by atoms with Crippen molar-refractivity contribution in [3.05, 3.63) is 52.0 Å². The number of thiophene rings is 1. The van der Waals surface area contributed by atoms with Gasteiger partial charge in [-0.15, -0.1) is 11.3 Å². The second-order valence-electron chi connectivity index (χ2n) is 4.13. The number of oxime groups is 1. The molecule has 0 saturated heterocycles. The number of hydrogen-bond acceptors (Lipinski definition) is 5. The van der Waals surface area contributed by atoms with Gasteiger partial charge in [-0.1, -0.05) is 11.2 Å². The Morgan fingerprint density at radius 3 is 2.85 bits per heavy atom. The highest BCUT2D eigenvalue weighted by Crippen LogP contribution is 2.18. The number of pyridine rings is 1. The van der Waals surface area contributed by atoms with E-state index in [0.717, 1.165) is 4.88 Å². The molecule has 2 heterocycles. The number of hydrogen-bond donors (Lipinski definition) is 3. The molecular weight excluding hydrogens is 276 g/mol. The van der Waals surface area contributed by atoms with Gasteiger partial charge in [-0.3, -0.25) is 9.78 Å². The maximum atomic E-state index is 12.0. The third-order valence-electron chi connectivity index (χ3n) is 2.72. The average Bonchev–Trinajstić information content (AvgIpc) is 3.01. The second-order valence-corrected chi connectivity index (χ2v) is 5.11. The van der Waals surface area contributed by atoms with Gasteiger partial charge in [0, 0.05) is 16.6 Å². The van der Waals surface area contributed by atoms with Gasteiger partial charge < -0.3 is 16.3 Å². The Hall–Kier alpha value is -2.41. The molecule has 2 aromatic rings. The van der Waals surface area contributed by atoms with Crippen molar-refractivity contribution in [3.63, 3.8) is 0 Å². The zero-order valence-corrected chi connectivity index (χ0v) is 11.6. The first-order valence-corrected chi connectivity index (χ1v) is 6.78. The lowest BCUT2D eigenvalue weighted by molar-refractivity contribution is 0.0935. The fraction of sp³-hybridized carbons (Fsp3) is 0.154. The van der Waals surface area contributed by atoms with Crippen LogP contribution < -0.4 is 11.1 Å². The van der Waals surface area contributed by atoms with Crippen molar-refractivity contribution in [2.45, 2.75) is 13.0 Å². The molecule has 1 amide bonds. The van der Waals surface area contributed by atoms with E-state index in [1.165, 1.54) is 12.3 Å². The number of amidine groups is 1. The molecule has 0 saturated carbocycles. The van der Waals surface area contributed by atoms with Gasteiger partial charge >= 0.3 is 0 Å². The lowest BCUT2D eigenvalue weighted by atomic mass is 10.2. The first-order valence-electron chi connectivity index (χ1n) is 5.90. The molecule has 104 valence electrons. The van der Waals surface area contributed by atoms with Crippen LogP contribution in [-0.4, -0.2) is 21.9 Å². The van der Waals surface area contributed by atoms with Crippen LogP contribution in [0.5, 0.6) is 0 Å². The Labute approximate surface area is 120 Å². The number of carbonyl (C=O) groups excluding carboxylic acids is 1. The smallest absolute Gasteiger partial charge is 0.270 e. The molecule has 1 atom stereocenters. The third kappa shape index (κ3) is 3.12. The molecule has 0 fully saturated rings. The normalized spacial score (nSPS) is 12.9. The molecule has 2 rings (SSSR count). The van der Waals surface area contributed by atoms with Crippen LogP contribution in [0.15, 0.2) is 41.0 Å². The highest BCUT2D eigenvalue weighted by Gasteiger charge is 2.13. The molecule has 6 nitrogen and oxygen atoms in total. The SMILES string of the molecule is CC(NC(=O)c1ccc(C(N)=NO)cn1)c1cccs1. The van der Waals surface area contributed by atoms with E-state index in [4.69, 9.17) is 10.9 Å². The van der Waals surface area contributed by atoms with E-state index in [1.807, 2.05) is 24.4 Å². The van der Waals surface area contributed by atoms with Crippen LogP contribution in [0.1, 0.15) is 33.9 Å². The number of amides is 1. The van der Waals surface area contributed by atoms with Gasteiger partial charge in [0.15, 0.2) is 5.84 Å². The van der Waals surface area contributed by atoms with Crippen molar-refractivity contribution < 1.29 is 10.0 Å². The van der Waals surface area contributed by atoms with E-state index in [-0.39, 0.29) is 23.5 Å². The van der Waals surface area contributed by atoms with Crippen LogP contribution in [0, 0.1) is 0 Å². The number of rotatable bonds is 4. The summed E-state index contributed by atoms with van der Waals surface area (Å²) in [7, 11) is 0. The average molecular weight is 290 g/mol. The minimum Gasteiger partial charge on any atom is -0.409 e. The van der Waals surface area contributed by atoms with E-state index in [1.54, 1.807) is 17.4 Å². The number of nitrogens with two attached hydrogens (primary N) is 1. The molecule has 0 aliphatic rings. The van der Waals surface area contributed by atoms with Crippen molar-refractivity contribution in [1.29, 1.82) is 0 Å². The molecule has 0 aliphatic heterocycles. The van der Waals surface area contributed by atoms with Crippen molar-refractivity contribution in [1.82, 2.24) is 10.3 Å². The van der Waals surface area contributed by atoms with E-state index in [9.17, 15) is 4.79 Å². The monoisotopic (exact) mass is 290 g/mol. The third-order valence-corrected chi connectivity index (χ3v) is 3.77. The minimum absolute atomic E-state index is 0.0450.